The maximum absolute atomic E-state index is 12.7. The Balaban J connectivity index is 1.96. The van der Waals surface area contributed by atoms with Gasteiger partial charge in [-0.3, -0.25) is 18.7 Å². The molecule has 10 heteroatoms. The molecule has 0 spiro atoms. The Labute approximate surface area is 186 Å². The third-order valence-electron chi connectivity index (χ3n) is 4.28. The van der Waals surface area contributed by atoms with Gasteiger partial charge in [0.2, 0.25) is 11.8 Å². The summed E-state index contributed by atoms with van der Waals surface area (Å²) in [7, 11) is 2.65. The number of amides is 1. The highest BCUT2D eigenvalue weighted by molar-refractivity contribution is 8.15. The second-order valence-corrected chi connectivity index (χ2v) is 7.90. The third kappa shape index (κ3) is 5.25. The first kappa shape index (κ1) is 22.4. The molecule has 3 rings (SSSR count). The molecule has 160 valence electrons. The van der Waals surface area contributed by atoms with Gasteiger partial charge >= 0.3 is 5.69 Å². The number of aliphatic imine (C=N–C) groups is 1. The summed E-state index contributed by atoms with van der Waals surface area (Å²) in [6, 6.07) is 15.5. The van der Waals surface area contributed by atoms with Crippen LogP contribution in [-0.4, -0.2) is 30.9 Å². The molecule has 0 aliphatic carbocycles. The number of nitrogens with one attached hydrogen (secondary N) is 1. The quantitative estimate of drug-likeness (QED) is 0.451. The van der Waals surface area contributed by atoms with E-state index in [9.17, 15) is 19.5 Å². The molecule has 1 amide bonds. The fourth-order valence-electron chi connectivity index (χ4n) is 2.70. The highest BCUT2D eigenvalue weighted by atomic mass is 35.5. The molecule has 0 saturated carbocycles. The van der Waals surface area contributed by atoms with Gasteiger partial charge in [-0.05, 0) is 30.3 Å². The normalized spacial score (nSPS) is 11.4. The molecule has 0 fully saturated rings. The van der Waals surface area contributed by atoms with Crippen molar-refractivity contribution in [3.63, 3.8) is 0 Å². The van der Waals surface area contributed by atoms with Crippen LogP contribution in [0.3, 0.4) is 0 Å². The summed E-state index contributed by atoms with van der Waals surface area (Å²) in [6.45, 7) is 0. The molecular weight excluding hydrogens is 440 g/mol. The Bertz CT molecular complexity index is 1270. The summed E-state index contributed by atoms with van der Waals surface area (Å²) in [5, 5.41) is 13.8. The van der Waals surface area contributed by atoms with Gasteiger partial charge in [-0.1, -0.05) is 47.6 Å². The molecular formula is C21H19ClN4O4S. The van der Waals surface area contributed by atoms with Crippen molar-refractivity contribution in [2.45, 2.75) is 0 Å². The maximum atomic E-state index is 12.7. The van der Waals surface area contributed by atoms with Crippen LogP contribution in [0.1, 0.15) is 5.56 Å². The van der Waals surface area contributed by atoms with Gasteiger partial charge in [0.1, 0.15) is 10.6 Å². The summed E-state index contributed by atoms with van der Waals surface area (Å²) >= 11 is 6.90. The van der Waals surface area contributed by atoms with Crippen LogP contribution in [0.5, 0.6) is 5.88 Å². The minimum Gasteiger partial charge on any atom is -0.494 e. The lowest BCUT2D eigenvalue weighted by Gasteiger charge is -2.12. The average Bonchev–Trinajstić information content (AvgIpc) is 2.75. The van der Waals surface area contributed by atoms with E-state index in [0.717, 1.165) is 20.9 Å². The monoisotopic (exact) mass is 458 g/mol. The van der Waals surface area contributed by atoms with Gasteiger partial charge in [0.15, 0.2) is 0 Å². The van der Waals surface area contributed by atoms with Crippen molar-refractivity contribution in [2.75, 3.05) is 11.1 Å². The first-order valence-corrected chi connectivity index (χ1v) is 10.5. The van der Waals surface area contributed by atoms with Gasteiger partial charge in [0, 0.05) is 24.8 Å². The number of hydrogen-bond donors (Lipinski definition) is 2. The first-order chi connectivity index (χ1) is 14.8. The van der Waals surface area contributed by atoms with E-state index in [0.29, 0.717) is 16.4 Å². The lowest BCUT2D eigenvalue weighted by molar-refractivity contribution is -0.113. The van der Waals surface area contributed by atoms with E-state index < -0.39 is 17.1 Å². The molecule has 0 aliphatic heterocycles. The Morgan fingerprint density at radius 1 is 1.10 bits per heavy atom. The van der Waals surface area contributed by atoms with Crippen LogP contribution < -0.4 is 16.6 Å². The zero-order valence-electron chi connectivity index (χ0n) is 16.7. The van der Waals surface area contributed by atoms with Crippen molar-refractivity contribution in [2.24, 2.45) is 19.1 Å². The van der Waals surface area contributed by atoms with Gasteiger partial charge < -0.3 is 10.4 Å². The molecule has 2 aromatic carbocycles. The SMILES string of the molecule is Cn1c(O)c(C(=Nc2ccccc2)SCC(=O)Nc2cccc(Cl)c2)c(=O)n(C)c1=O. The number of rotatable bonds is 5. The van der Waals surface area contributed by atoms with Gasteiger partial charge in [0.25, 0.3) is 5.56 Å². The van der Waals surface area contributed by atoms with Gasteiger partial charge in [0.05, 0.1) is 11.4 Å². The van der Waals surface area contributed by atoms with E-state index >= 15 is 0 Å². The van der Waals surface area contributed by atoms with Crippen LogP contribution in [0.25, 0.3) is 0 Å². The number of para-hydroxylation sites is 1. The van der Waals surface area contributed by atoms with Crippen LogP contribution in [-0.2, 0) is 18.9 Å². The summed E-state index contributed by atoms with van der Waals surface area (Å²) < 4.78 is 1.83. The number of thioether (sulfide) groups is 1. The zero-order valence-corrected chi connectivity index (χ0v) is 18.3. The van der Waals surface area contributed by atoms with E-state index in [-0.39, 0.29) is 22.3 Å². The number of anilines is 1. The molecule has 0 radical (unpaired) electrons. The fraction of sp³-hybridized carbons (Fsp3) is 0.143. The number of carbonyl (C=O) groups excluding carboxylic acids is 1. The van der Waals surface area contributed by atoms with Gasteiger partial charge in [-0.25, -0.2) is 9.79 Å². The van der Waals surface area contributed by atoms with E-state index in [4.69, 9.17) is 11.6 Å². The number of aromatic hydroxyl groups is 1. The summed E-state index contributed by atoms with van der Waals surface area (Å²) in [6.07, 6.45) is 0. The number of nitrogens with zero attached hydrogens (tertiary/aromatic N) is 3. The fourth-order valence-corrected chi connectivity index (χ4v) is 3.72. The number of halogens is 1. The first-order valence-electron chi connectivity index (χ1n) is 9.09. The lowest BCUT2D eigenvalue weighted by atomic mass is 10.3. The van der Waals surface area contributed by atoms with Crippen LogP contribution in [0.2, 0.25) is 5.02 Å². The van der Waals surface area contributed by atoms with E-state index in [2.05, 4.69) is 10.3 Å². The summed E-state index contributed by atoms with van der Waals surface area (Å²) in [4.78, 5) is 41.7. The van der Waals surface area contributed by atoms with Crippen LogP contribution in [0, 0.1) is 0 Å². The Morgan fingerprint density at radius 2 is 1.81 bits per heavy atom. The zero-order chi connectivity index (χ0) is 22.5. The standard InChI is InChI=1S/C21H19ClN4O4S/c1-25-19(28)17(20(29)26(2)21(25)30)18(24-14-8-4-3-5-9-14)31-12-16(27)23-15-10-6-7-13(22)11-15/h3-11,28H,12H2,1-2H3,(H,23,27). The Morgan fingerprint density at radius 3 is 2.48 bits per heavy atom. The molecule has 0 bridgehead atoms. The smallest absolute Gasteiger partial charge is 0.333 e. The average molecular weight is 459 g/mol. The van der Waals surface area contributed by atoms with Crippen molar-refractivity contribution in [3.05, 3.63) is 86.0 Å². The van der Waals surface area contributed by atoms with Crippen molar-refractivity contribution >= 4 is 45.7 Å². The summed E-state index contributed by atoms with van der Waals surface area (Å²) in [5.41, 5.74) is -0.489. The van der Waals surface area contributed by atoms with Crippen molar-refractivity contribution in [3.8, 4) is 5.88 Å². The molecule has 0 unspecified atom stereocenters. The lowest BCUT2D eigenvalue weighted by Crippen LogP contribution is -2.39. The third-order valence-corrected chi connectivity index (χ3v) is 5.49. The van der Waals surface area contributed by atoms with Gasteiger partial charge in [-0.15, -0.1) is 0 Å². The molecule has 2 N–H and O–H groups in total. The van der Waals surface area contributed by atoms with E-state index in [1.165, 1.54) is 14.1 Å². The van der Waals surface area contributed by atoms with Crippen molar-refractivity contribution in [1.82, 2.24) is 9.13 Å². The van der Waals surface area contributed by atoms with Crippen molar-refractivity contribution < 1.29 is 9.90 Å². The molecule has 0 aliphatic rings. The number of hydrogen-bond acceptors (Lipinski definition) is 6. The van der Waals surface area contributed by atoms with E-state index in [1.54, 1.807) is 48.5 Å². The van der Waals surface area contributed by atoms with Gasteiger partial charge in [-0.2, -0.15) is 0 Å². The minimum atomic E-state index is -0.710. The minimum absolute atomic E-state index is 0.0936. The maximum Gasteiger partial charge on any atom is 0.333 e. The van der Waals surface area contributed by atoms with Crippen LogP contribution >= 0.6 is 23.4 Å². The number of benzene rings is 2. The Hall–Kier alpha value is -3.30. The van der Waals surface area contributed by atoms with E-state index in [1.807, 2.05) is 6.07 Å². The molecule has 3 aromatic rings. The molecule has 1 aromatic heterocycles. The highest BCUT2D eigenvalue weighted by Crippen LogP contribution is 2.23. The molecule has 1 heterocycles. The second kappa shape index (κ2) is 9.67. The summed E-state index contributed by atoms with van der Waals surface area (Å²) in [5.74, 6) is -0.969. The molecule has 0 atom stereocenters. The molecule has 0 saturated heterocycles. The Kier molecular flexibility index (Phi) is 6.98. The number of aromatic nitrogens is 2. The topological polar surface area (TPSA) is 106 Å². The van der Waals surface area contributed by atoms with Crippen molar-refractivity contribution in [1.29, 1.82) is 0 Å². The highest BCUT2D eigenvalue weighted by Gasteiger charge is 2.21. The second-order valence-electron chi connectivity index (χ2n) is 6.50. The molecule has 8 nitrogen and oxygen atoms in total. The molecule has 31 heavy (non-hydrogen) atoms. The predicted molar refractivity (Wildman–Crippen MR) is 124 cm³/mol. The number of carbonyl (C=O) groups is 1. The van der Waals surface area contributed by atoms with Crippen LogP contribution in [0.15, 0.2) is 69.2 Å². The van der Waals surface area contributed by atoms with Crippen LogP contribution in [0.4, 0.5) is 11.4 Å². The largest absolute Gasteiger partial charge is 0.494 e. The predicted octanol–water partition coefficient (Wildman–Crippen LogP) is 2.89.